The summed E-state index contributed by atoms with van der Waals surface area (Å²) in [5.41, 5.74) is 4.81. The van der Waals surface area contributed by atoms with E-state index in [2.05, 4.69) is 68.4 Å². The predicted molar refractivity (Wildman–Crippen MR) is 101 cm³/mol. The quantitative estimate of drug-likeness (QED) is 0.651. The Morgan fingerprint density at radius 3 is 2.21 bits per heavy atom. The fourth-order valence-electron chi connectivity index (χ4n) is 4.11. The van der Waals surface area contributed by atoms with Crippen LogP contribution in [0.3, 0.4) is 0 Å². The van der Waals surface area contributed by atoms with Gasteiger partial charge in [-0.2, -0.15) is 5.26 Å². The Labute approximate surface area is 146 Å². The first-order chi connectivity index (χ1) is 11.7. The Hall–Kier alpha value is -2.07. The largest absolute Gasteiger partial charge is 0.197 e. The number of hydrogen-bond donors (Lipinski definition) is 0. The first-order valence-corrected chi connectivity index (χ1v) is 9.28. The molecular formula is C23H27N. The monoisotopic (exact) mass is 317 g/mol. The molecule has 2 atom stereocenters. The number of nitriles is 1. The van der Waals surface area contributed by atoms with E-state index in [9.17, 15) is 5.26 Å². The van der Waals surface area contributed by atoms with Gasteiger partial charge in [0.15, 0.2) is 0 Å². The summed E-state index contributed by atoms with van der Waals surface area (Å²) in [6.07, 6.45) is 6.74. The molecule has 1 aliphatic rings. The van der Waals surface area contributed by atoms with Gasteiger partial charge in [0, 0.05) is 0 Å². The van der Waals surface area contributed by atoms with E-state index in [0.717, 1.165) is 25.7 Å². The topological polar surface area (TPSA) is 23.8 Å². The summed E-state index contributed by atoms with van der Waals surface area (Å²) in [5.74, 6) is 0.643. The molecule has 0 aliphatic heterocycles. The summed E-state index contributed by atoms with van der Waals surface area (Å²) in [5, 5.41) is 9.83. The van der Waals surface area contributed by atoms with Crippen molar-refractivity contribution in [2.75, 3.05) is 0 Å². The van der Waals surface area contributed by atoms with E-state index in [1.54, 1.807) is 0 Å². The van der Waals surface area contributed by atoms with Gasteiger partial charge in [-0.05, 0) is 47.4 Å². The molecule has 2 aromatic carbocycles. The Balaban J connectivity index is 1.83. The van der Waals surface area contributed by atoms with Crippen molar-refractivity contribution in [1.29, 1.82) is 5.26 Å². The van der Waals surface area contributed by atoms with Crippen LogP contribution in [0.4, 0.5) is 0 Å². The van der Waals surface area contributed by atoms with Gasteiger partial charge in [-0.15, -0.1) is 0 Å². The van der Waals surface area contributed by atoms with Gasteiger partial charge in [0.2, 0.25) is 0 Å². The van der Waals surface area contributed by atoms with Gasteiger partial charge in [-0.25, -0.2) is 0 Å². The van der Waals surface area contributed by atoms with Crippen LogP contribution in [0.2, 0.25) is 0 Å². The van der Waals surface area contributed by atoms with Gasteiger partial charge >= 0.3 is 0 Å². The molecule has 0 spiro atoms. The zero-order chi connectivity index (χ0) is 17.0. The zero-order valence-corrected chi connectivity index (χ0v) is 14.9. The van der Waals surface area contributed by atoms with Gasteiger partial charge in [0.05, 0.1) is 11.5 Å². The smallest absolute Gasteiger partial charge is 0.0825 e. The molecule has 0 saturated heterocycles. The van der Waals surface area contributed by atoms with Crippen molar-refractivity contribution in [1.82, 2.24) is 0 Å². The van der Waals surface area contributed by atoms with Crippen molar-refractivity contribution in [2.45, 2.75) is 57.8 Å². The lowest BCUT2D eigenvalue weighted by Gasteiger charge is -2.34. The highest BCUT2D eigenvalue weighted by Gasteiger charge is 2.36. The molecule has 124 valence electrons. The third-order valence-corrected chi connectivity index (χ3v) is 5.47. The average molecular weight is 317 g/mol. The SMILES string of the molecule is CCCc1ccc(-c2ccc(C3(C#N)CCCC(C)C3)cc2)cc1. The van der Waals surface area contributed by atoms with Crippen molar-refractivity contribution in [3.63, 3.8) is 0 Å². The summed E-state index contributed by atoms with van der Waals surface area (Å²) in [6, 6.07) is 20.2. The Kier molecular flexibility index (Phi) is 5.05. The second-order valence-corrected chi connectivity index (χ2v) is 7.42. The van der Waals surface area contributed by atoms with Crippen LogP contribution in [-0.2, 0) is 11.8 Å². The Morgan fingerprint density at radius 1 is 1.04 bits per heavy atom. The van der Waals surface area contributed by atoms with Gasteiger partial charge < -0.3 is 0 Å². The minimum atomic E-state index is -0.277. The number of aryl methyl sites for hydroxylation is 1. The number of hydrogen-bond acceptors (Lipinski definition) is 1. The maximum Gasteiger partial charge on any atom is 0.0825 e. The van der Waals surface area contributed by atoms with Crippen LogP contribution in [0.25, 0.3) is 11.1 Å². The minimum Gasteiger partial charge on any atom is -0.197 e. The van der Waals surface area contributed by atoms with E-state index in [0.29, 0.717) is 5.92 Å². The van der Waals surface area contributed by atoms with Crippen LogP contribution >= 0.6 is 0 Å². The van der Waals surface area contributed by atoms with Crippen LogP contribution in [0.5, 0.6) is 0 Å². The van der Waals surface area contributed by atoms with Crippen molar-refractivity contribution in [2.24, 2.45) is 5.92 Å². The lowest BCUT2D eigenvalue weighted by atomic mass is 9.67. The molecule has 2 aromatic rings. The average Bonchev–Trinajstić information content (AvgIpc) is 2.63. The molecule has 0 amide bonds. The van der Waals surface area contributed by atoms with Gasteiger partial charge in [0.1, 0.15) is 0 Å². The van der Waals surface area contributed by atoms with Crippen molar-refractivity contribution in [3.05, 3.63) is 59.7 Å². The van der Waals surface area contributed by atoms with E-state index in [1.807, 2.05) is 0 Å². The molecule has 24 heavy (non-hydrogen) atoms. The van der Waals surface area contributed by atoms with Gasteiger partial charge in [0.25, 0.3) is 0 Å². The number of benzene rings is 2. The van der Waals surface area contributed by atoms with Gasteiger partial charge in [-0.3, -0.25) is 0 Å². The summed E-state index contributed by atoms with van der Waals surface area (Å²) < 4.78 is 0. The van der Waals surface area contributed by atoms with Crippen LogP contribution in [0.15, 0.2) is 48.5 Å². The van der Waals surface area contributed by atoms with Crippen molar-refractivity contribution in [3.8, 4) is 17.2 Å². The molecule has 0 heterocycles. The highest BCUT2D eigenvalue weighted by Crippen LogP contribution is 2.41. The van der Waals surface area contributed by atoms with E-state index in [-0.39, 0.29) is 5.41 Å². The van der Waals surface area contributed by atoms with Crippen molar-refractivity contribution < 1.29 is 0 Å². The molecule has 2 unspecified atom stereocenters. The first-order valence-electron chi connectivity index (χ1n) is 9.28. The van der Waals surface area contributed by atoms with Crippen molar-refractivity contribution >= 4 is 0 Å². The minimum absolute atomic E-state index is 0.277. The highest BCUT2D eigenvalue weighted by atomic mass is 14.4. The Bertz CT molecular complexity index is 705. The van der Waals surface area contributed by atoms with Gasteiger partial charge in [-0.1, -0.05) is 81.6 Å². The summed E-state index contributed by atoms with van der Waals surface area (Å²) >= 11 is 0. The van der Waals surface area contributed by atoms with E-state index >= 15 is 0 Å². The zero-order valence-electron chi connectivity index (χ0n) is 14.9. The fraction of sp³-hybridized carbons (Fsp3) is 0.435. The lowest BCUT2D eigenvalue weighted by molar-refractivity contribution is 0.287. The molecule has 0 bridgehead atoms. The summed E-state index contributed by atoms with van der Waals surface area (Å²) in [7, 11) is 0. The molecule has 1 aliphatic carbocycles. The number of rotatable bonds is 4. The van der Waals surface area contributed by atoms with Crippen LogP contribution in [-0.4, -0.2) is 0 Å². The summed E-state index contributed by atoms with van der Waals surface area (Å²) in [4.78, 5) is 0. The van der Waals surface area contributed by atoms with Crippen LogP contribution < -0.4 is 0 Å². The fourth-order valence-corrected chi connectivity index (χ4v) is 4.11. The third kappa shape index (κ3) is 3.39. The maximum atomic E-state index is 9.83. The molecule has 1 heteroatoms. The normalized spacial score (nSPS) is 23.6. The summed E-state index contributed by atoms with van der Waals surface area (Å²) in [6.45, 7) is 4.49. The van der Waals surface area contributed by atoms with E-state index in [1.165, 1.54) is 35.1 Å². The molecule has 1 saturated carbocycles. The molecule has 1 fully saturated rings. The molecule has 1 nitrogen and oxygen atoms in total. The second kappa shape index (κ2) is 7.22. The number of nitrogens with zero attached hydrogens (tertiary/aromatic N) is 1. The first kappa shape index (κ1) is 16.8. The molecular weight excluding hydrogens is 290 g/mol. The van der Waals surface area contributed by atoms with E-state index < -0.39 is 0 Å². The predicted octanol–water partition coefficient (Wildman–Crippen LogP) is 6.28. The van der Waals surface area contributed by atoms with E-state index in [4.69, 9.17) is 0 Å². The molecule has 3 rings (SSSR count). The third-order valence-electron chi connectivity index (χ3n) is 5.47. The Morgan fingerprint density at radius 2 is 1.67 bits per heavy atom. The molecule has 0 aromatic heterocycles. The molecule has 0 N–H and O–H groups in total. The second-order valence-electron chi connectivity index (χ2n) is 7.42. The maximum absolute atomic E-state index is 9.83. The lowest BCUT2D eigenvalue weighted by Crippen LogP contribution is -2.30. The standard InChI is InChI=1S/C23H27N/c1-3-5-19-7-9-20(10-8-19)21-11-13-22(14-12-21)23(17-24)15-4-6-18(2)16-23/h7-14,18H,3-6,15-16H2,1-2H3. The highest BCUT2D eigenvalue weighted by molar-refractivity contribution is 5.64. The molecule has 0 radical (unpaired) electrons. The van der Waals surface area contributed by atoms with Crippen LogP contribution in [0.1, 0.15) is 57.1 Å². The van der Waals surface area contributed by atoms with Crippen LogP contribution in [0, 0.1) is 17.2 Å².